The quantitative estimate of drug-likeness (QED) is 0.741. The summed E-state index contributed by atoms with van der Waals surface area (Å²) in [5, 5.41) is 0. The molecule has 1 atom stereocenters. The molecule has 1 aromatic heterocycles. The average Bonchev–Trinajstić information content (AvgIpc) is 2.80. The van der Waals surface area contributed by atoms with E-state index in [1.54, 1.807) is 0 Å². The summed E-state index contributed by atoms with van der Waals surface area (Å²) in [6.07, 6.45) is 11.4. The second-order valence-electron chi connectivity index (χ2n) is 8.07. The molecule has 1 aromatic carbocycles. The molecule has 1 unspecified atom stereocenters. The Hall–Kier alpha value is -2.40. The zero-order valence-corrected chi connectivity index (χ0v) is 17.6. The molecule has 2 saturated heterocycles. The van der Waals surface area contributed by atoms with Crippen LogP contribution in [0.5, 0.6) is 0 Å². The lowest BCUT2D eigenvalue weighted by molar-refractivity contribution is 0.283. The summed E-state index contributed by atoms with van der Waals surface area (Å²) in [5.74, 6) is 2.00. The Morgan fingerprint density at radius 1 is 1.00 bits per heavy atom. The Morgan fingerprint density at radius 2 is 1.83 bits per heavy atom. The van der Waals surface area contributed by atoms with Gasteiger partial charge in [-0.1, -0.05) is 49.4 Å². The topological polar surface area (TPSA) is 35.5 Å². The molecule has 0 saturated carbocycles. The van der Waals surface area contributed by atoms with Gasteiger partial charge in [-0.3, -0.25) is 4.90 Å². The normalized spacial score (nSPS) is 21.1. The van der Waals surface area contributed by atoms with Gasteiger partial charge in [0, 0.05) is 51.5 Å². The molecule has 0 bridgehead atoms. The molecule has 3 heterocycles. The van der Waals surface area contributed by atoms with Gasteiger partial charge in [0.2, 0.25) is 5.95 Å². The monoisotopic (exact) mass is 391 g/mol. The minimum Gasteiger partial charge on any atom is -0.354 e. The van der Waals surface area contributed by atoms with Gasteiger partial charge in [0.1, 0.15) is 5.82 Å². The van der Waals surface area contributed by atoms with E-state index >= 15 is 0 Å². The number of aromatic nitrogens is 2. The van der Waals surface area contributed by atoms with Crippen molar-refractivity contribution in [1.82, 2.24) is 14.9 Å². The largest absolute Gasteiger partial charge is 0.354 e. The zero-order chi connectivity index (χ0) is 19.9. The third-order valence-electron chi connectivity index (χ3n) is 6.15. The van der Waals surface area contributed by atoms with Crippen molar-refractivity contribution in [3.05, 3.63) is 54.2 Å². The Morgan fingerprint density at radius 3 is 2.62 bits per heavy atom. The first-order valence-corrected chi connectivity index (χ1v) is 11.1. The highest BCUT2D eigenvalue weighted by Gasteiger charge is 2.24. The van der Waals surface area contributed by atoms with Crippen molar-refractivity contribution in [2.75, 3.05) is 49.1 Å². The van der Waals surface area contributed by atoms with Crippen molar-refractivity contribution in [2.24, 2.45) is 0 Å². The molecule has 0 amide bonds. The molecule has 0 spiro atoms. The molecule has 5 heteroatoms. The molecule has 2 fully saturated rings. The summed E-state index contributed by atoms with van der Waals surface area (Å²) >= 11 is 0. The van der Waals surface area contributed by atoms with Crippen molar-refractivity contribution in [3.8, 4) is 0 Å². The molecule has 29 heavy (non-hydrogen) atoms. The predicted molar refractivity (Wildman–Crippen MR) is 121 cm³/mol. The first kappa shape index (κ1) is 19.9. The van der Waals surface area contributed by atoms with Crippen LogP contribution in [0.3, 0.4) is 0 Å². The van der Waals surface area contributed by atoms with Crippen LogP contribution in [0.15, 0.2) is 48.7 Å². The van der Waals surface area contributed by atoms with Crippen LogP contribution in [0, 0.1) is 0 Å². The van der Waals surface area contributed by atoms with Gasteiger partial charge in [-0.2, -0.15) is 4.98 Å². The third-order valence-corrected chi connectivity index (χ3v) is 6.15. The van der Waals surface area contributed by atoms with Gasteiger partial charge in [-0.25, -0.2) is 4.98 Å². The smallest absolute Gasteiger partial charge is 0.227 e. The van der Waals surface area contributed by atoms with Crippen molar-refractivity contribution in [1.29, 1.82) is 0 Å². The molecule has 0 radical (unpaired) electrons. The van der Waals surface area contributed by atoms with Gasteiger partial charge in [0.25, 0.3) is 0 Å². The lowest BCUT2D eigenvalue weighted by atomic mass is 10.0. The number of benzene rings is 1. The van der Waals surface area contributed by atoms with Crippen LogP contribution >= 0.6 is 0 Å². The fraction of sp³-hybridized carbons (Fsp3) is 0.500. The summed E-state index contributed by atoms with van der Waals surface area (Å²) < 4.78 is 0. The first-order valence-electron chi connectivity index (χ1n) is 11.1. The highest BCUT2D eigenvalue weighted by molar-refractivity contribution is 5.49. The van der Waals surface area contributed by atoms with Crippen LogP contribution < -0.4 is 9.80 Å². The number of nitrogens with zero attached hydrogens (tertiary/aromatic N) is 5. The third kappa shape index (κ3) is 5.15. The summed E-state index contributed by atoms with van der Waals surface area (Å²) in [5.41, 5.74) is 1.27. The van der Waals surface area contributed by atoms with Crippen molar-refractivity contribution >= 4 is 17.8 Å². The number of piperazine rings is 1. The van der Waals surface area contributed by atoms with E-state index in [9.17, 15) is 0 Å². The molecule has 4 rings (SSSR count). The van der Waals surface area contributed by atoms with Gasteiger partial charge in [-0.05, 0) is 37.3 Å². The molecule has 0 aliphatic carbocycles. The highest BCUT2D eigenvalue weighted by atomic mass is 15.3. The molecular formula is C24H33N5. The number of anilines is 2. The van der Waals surface area contributed by atoms with Crippen LogP contribution in [-0.2, 0) is 0 Å². The zero-order valence-electron chi connectivity index (χ0n) is 17.6. The van der Waals surface area contributed by atoms with E-state index in [1.165, 1.54) is 31.2 Å². The summed E-state index contributed by atoms with van der Waals surface area (Å²) in [7, 11) is 0. The summed E-state index contributed by atoms with van der Waals surface area (Å²) in [6.45, 7) is 8.55. The van der Waals surface area contributed by atoms with Crippen LogP contribution in [0.4, 0.5) is 11.8 Å². The van der Waals surface area contributed by atoms with Gasteiger partial charge in [0.15, 0.2) is 0 Å². The number of hydrogen-bond acceptors (Lipinski definition) is 5. The molecule has 0 N–H and O–H groups in total. The Balaban J connectivity index is 1.32. The van der Waals surface area contributed by atoms with E-state index in [0.29, 0.717) is 6.04 Å². The first-order chi connectivity index (χ1) is 14.3. The van der Waals surface area contributed by atoms with Gasteiger partial charge in [0.05, 0.1) is 0 Å². The Kier molecular flexibility index (Phi) is 6.78. The molecule has 5 nitrogen and oxygen atoms in total. The average molecular weight is 392 g/mol. The molecule has 154 valence electrons. The second-order valence-corrected chi connectivity index (χ2v) is 8.07. The number of hydrogen-bond donors (Lipinski definition) is 0. The maximum atomic E-state index is 4.95. The minimum absolute atomic E-state index is 0.590. The predicted octanol–water partition coefficient (Wildman–Crippen LogP) is 4.08. The summed E-state index contributed by atoms with van der Waals surface area (Å²) in [4.78, 5) is 16.9. The maximum absolute atomic E-state index is 4.95. The molecule has 2 aliphatic rings. The van der Waals surface area contributed by atoms with E-state index in [-0.39, 0.29) is 0 Å². The fourth-order valence-electron chi connectivity index (χ4n) is 4.40. The van der Waals surface area contributed by atoms with Crippen LogP contribution in [0.2, 0.25) is 0 Å². The second kappa shape index (κ2) is 9.88. The Bertz CT molecular complexity index is 783. The van der Waals surface area contributed by atoms with Crippen LogP contribution in [0.1, 0.15) is 38.2 Å². The Labute approximate surface area is 175 Å². The molecular weight excluding hydrogens is 358 g/mol. The van der Waals surface area contributed by atoms with Crippen molar-refractivity contribution in [2.45, 2.75) is 38.6 Å². The van der Waals surface area contributed by atoms with E-state index in [2.05, 4.69) is 75.2 Å². The van der Waals surface area contributed by atoms with Gasteiger partial charge >= 0.3 is 0 Å². The van der Waals surface area contributed by atoms with Crippen LogP contribution in [-0.4, -0.2) is 60.2 Å². The lowest BCUT2D eigenvalue weighted by Gasteiger charge is -2.37. The number of piperidine rings is 1. The molecule has 2 aliphatic heterocycles. The van der Waals surface area contributed by atoms with E-state index in [4.69, 9.17) is 4.98 Å². The minimum atomic E-state index is 0.590. The SMILES string of the molecule is CCC1CCCCN1c1nccc(N2CCN(C/C=C/c3ccccc3)CC2)n1. The molecule has 2 aromatic rings. The van der Waals surface area contributed by atoms with Gasteiger partial charge in [-0.15, -0.1) is 0 Å². The fourth-order valence-corrected chi connectivity index (χ4v) is 4.40. The van der Waals surface area contributed by atoms with Crippen LogP contribution in [0.25, 0.3) is 6.08 Å². The lowest BCUT2D eigenvalue weighted by Crippen LogP contribution is -2.47. The van der Waals surface area contributed by atoms with Gasteiger partial charge < -0.3 is 9.80 Å². The highest BCUT2D eigenvalue weighted by Crippen LogP contribution is 2.25. The number of rotatable bonds is 6. The van der Waals surface area contributed by atoms with E-state index < -0.39 is 0 Å². The van der Waals surface area contributed by atoms with Crippen molar-refractivity contribution in [3.63, 3.8) is 0 Å². The van der Waals surface area contributed by atoms with Crippen molar-refractivity contribution < 1.29 is 0 Å². The maximum Gasteiger partial charge on any atom is 0.227 e. The summed E-state index contributed by atoms with van der Waals surface area (Å²) in [6, 6.07) is 13.2. The van der Waals surface area contributed by atoms with E-state index in [0.717, 1.165) is 51.0 Å². The standard InChI is InChI=1S/C24H33N5/c1-2-22-12-6-7-16-29(22)24-25-14-13-23(26-24)28-19-17-27(18-20-28)15-8-11-21-9-4-3-5-10-21/h3-5,8-11,13-14,22H,2,6-7,12,15-20H2,1H3/b11-8+. The van der Waals surface area contributed by atoms with E-state index in [1.807, 2.05) is 6.20 Å².